The lowest BCUT2D eigenvalue weighted by Gasteiger charge is -2.36. The first kappa shape index (κ1) is 34.5. The Hall–Kier alpha value is -3.54. The van der Waals surface area contributed by atoms with Crippen molar-refractivity contribution < 1.29 is 23.9 Å². The van der Waals surface area contributed by atoms with Crippen LogP contribution in [0.5, 0.6) is 0 Å². The van der Waals surface area contributed by atoms with Gasteiger partial charge in [0.1, 0.15) is 17.7 Å². The van der Waals surface area contributed by atoms with Crippen LogP contribution in [0.15, 0.2) is 24.3 Å². The number of carbonyl (C=O) groups is 4. The van der Waals surface area contributed by atoms with E-state index in [4.69, 9.17) is 16.9 Å². The maximum absolute atomic E-state index is 14.2. The molecular formula is C31H48N4O5. The quantitative estimate of drug-likeness (QED) is 0.228. The number of nitrogens with zero attached hydrogens (tertiary/aromatic N) is 1. The molecule has 0 saturated carbocycles. The van der Waals surface area contributed by atoms with E-state index < -0.39 is 47.0 Å². The number of rotatable bonds is 14. The number of ether oxygens (including phenoxy) is 1. The van der Waals surface area contributed by atoms with Gasteiger partial charge in [0.05, 0.1) is 0 Å². The molecule has 4 amide bonds. The summed E-state index contributed by atoms with van der Waals surface area (Å²) in [6.45, 7) is 13.0. The summed E-state index contributed by atoms with van der Waals surface area (Å²) in [5.41, 5.74) is 4.98. The first-order valence-corrected chi connectivity index (χ1v) is 14.1. The van der Waals surface area contributed by atoms with Crippen LogP contribution in [0.3, 0.4) is 0 Å². The summed E-state index contributed by atoms with van der Waals surface area (Å²) >= 11 is 0. The molecule has 222 valence electrons. The van der Waals surface area contributed by atoms with E-state index in [1.165, 1.54) is 4.90 Å². The van der Waals surface area contributed by atoms with E-state index in [1.54, 1.807) is 45.0 Å². The third kappa shape index (κ3) is 12.5. The molecule has 40 heavy (non-hydrogen) atoms. The molecule has 0 spiro atoms. The number of primary amides is 1. The molecule has 0 aliphatic carbocycles. The van der Waals surface area contributed by atoms with Gasteiger partial charge in [0, 0.05) is 24.1 Å². The van der Waals surface area contributed by atoms with Crippen LogP contribution >= 0.6 is 0 Å². The van der Waals surface area contributed by atoms with Crippen LogP contribution in [-0.4, -0.2) is 52.4 Å². The van der Waals surface area contributed by atoms with Crippen LogP contribution in [0.2, 0.25) is 0 Å². The third-order valence-corrected chi connectivity index (χ3v) is 5.92. The molecule has 9 nitrogen and oxygen atoms in total. The van der Waals surface area contributed by atoms with Gasteiger partial charge < -0.3 is 26.0 Å². The Kier molecular flexibility index (Phi) is 13.7. The van der Waals surface area contributed by atoms with E-state index in [2.05, 4.69) is 23.5 Å². The molecule has 0 bridgehead atoms. The molecule has 4 N–H and O–H groups in total. The second-order valence-electron chi connectivity index (χ2n) is 12.0. The highest BCUT2D eigenvalue weighted by atomic mass is 16.6. The second-order valence-corrected chi connectivity index (χ2v) is 12.0. The van der Waals surface area contributed by atoms with Gasteiger partial charge in [0.25, 0.3) is 0 Å². The predicted octanol–water partition coefficient (Wildman–Crippen LogP) is 4.58. The third-order valence-electron chi connectivity index (χ3n) is 5.92. The van der Waals surface area contributed by atoms with Gasteiger partial charge in [0.15, 0.2) is 0 Å². The molecule has 1 rings (SSSR count). The SMILES string of the molecule is C#Cc1ccccc1C(C(=O)NC(C)(C)C)N(CCCCCCC)C(=O)C(CCC(N)=O)NC(=O)OC(C)(C)C. The molecule has 0 fully saturated rings. The number of alkyl carbamates (subject to hydrolysis) is 1. The average Bonchev–Trinajstić information content (AvgIpc) is 2.83. The summed E-state index contributed by atoms with van der Waals surface area (Å²) in [5, 5.41) is 5.60. The standard InChI is InChI=1S/C31H48N4O5/c1-9-11-12-13-16-21-35(28(38)24(19-20-25(32)36)33-29(39)40-31(6,7)8)26(27(37)34-30(3,4)5)23-18-15-14-17-22(23)10-2/h2,14-15,17-18,24,26H,9,11-13,16,19-21H2,1,3-8H3,(H2,32,36)(H,33,39)(H,34,37). The Morgan fingerprint density at radius 3 is 2.20 bits per heavy atom. The lowest BCUT2D eigenvalue weighted by Crippen LogP contribution is -2.55. The van der Waals surface area contributed by atoms with Crippen molar-refractivity contribution in [3.63, 3.8) is 0 Å². The number of hydrogen-bond donors (Lipinski definition) is 3. The molecule has 0 aliphatic heterocycles. The van der Waals surface area contributed by atoms with E-state index in [-0.39, 0.29) is 19.4 Å². The van der Waals surface area contributed by atoms with Gasteiger partial charge in [-0.1, -0.05) is 56.7 Å². The van der Waals surface area contributed by atoms with Crippen molar-refractivity contribution in [1.82, 2.24) is 15.5 Å². The van der Waals surface area contributed by atoms with Crippen LogP contribution in [0.1, 0.15) is 111 Å². The van der Waals surface area contributed by atoms with Crippen molar-refractivity contribution in [2.24, 2.45) is 5.73 Å². The molecule has 0 heterocycles. The molecule has 0 aliphatic rings. The van der Waals surface area contributed by atoms with Crippen molar-refractivity contribution in [2.75, 3.05) is 6.54 Å². The van der Waals surface area contributed by atoms with Crippen LogP contribution in [0.4, 0.5) is 4.79 Å². The lowest BCUT2D eigenvalue weighted by atomic mass is 9.95. The van der Waals surface area contributed by atoms with E-state index >= 15 is 0 Å². The predicted molar refractivity (Wildman–Crippen MR) is 157 cm³/mol. The smallest absolute Gasteiger partial charge is 0.408 e. The summed E-state index contributed by atoms with van der Waals surface area (Å²) < 4.78 is 5.38. The zero-order chi connectivity index (χ0) is 30.5. The normalized spacial score (nSPS) is 12.9. The van der Waals surface area contributed by atoms with E-state index in [9.17, 15) is 19.2 Å². The Morgan fingerprint density at radius 2 is 1.65 bits per heavy atom. The number of carbonyl (C=O) groups excluding carboxylic acids is 4. The minimum Gasteiger partial charge on any atom is -0.444 e. The van der Waals surface area contributed by atoms with Gasteiger partial charge in [-0.15, -0.1) is 6.42 Å². The largest absolute Gasteiger partial charge is 0.444 e. The number of amides is 4. The minimum atomic E-state index is -1.15. The summed E-state index contributed by atoms with van der Waals surface area (Å²) in [7, 11) is 0. The maximum Gasteiger partial charge on any atom is 0.408 e. The van der Waals surface area contributed by atoms with Gasteiger partial charge in [-0.2, -0.15) is 0 Å². The van der Waals surface area contributed by atoms with Crippen molar-refractivity contribution in [2.45, 2.75) is 117 Å². The first-order chi connectivity index (χ1) is 18.6. The lowest BCUT2D eigenvalue weighted by molar-refractivity contribution is -0.143. The van der Waals surface area contributed by atoms with Crippen molar-refractivity contribution >= 4 is 23.8 Å². The molecule has 1 aromatic rings. The zero-order valence-electron chi connectivity index (χ0n) is 25.3. The molecule has 1 aromatic carbocycles. The van der Waals surface area contributed by atoms with Crippen molar-refractivity contribution in [1.29, 1.82) is 0 Å². The van der Waals surface area contributed by atoms with Gasteiger partial charge in [0.2, 0.25) is 17.7 Å². The molecule has 2 unspecified atom stereocenters. The summed E-state index contributed by atoms with van der Waals surface area (Å²) in [4.78, 5) is 53.9. The fraction of sp³-hybridized carbons (Fsp3) is 0.613. The highest BCUT2D eigenvalue weighted by Gasteiger charge is 2.38. The zero-order valence-corrected chi connectivity index (χ0v) is 25.3. The summed E-state index contributed by atoms with van der Waals surface area (Å²) in [6.07, 6.45) is 9.40. The number of terminal acetylenes is 1. The number of benzene rings is 1. The topological polar surface area (TPSA) is 131 Å². The number of nitrogens with one attached hydrogen (secondary N) is 2. The number of nitrogens with two attached hydrogens (primary N) is 1. The van der Waals surface area contributed by atoms with Gasteiger partial charge in [-0.05, 0) is 66.0 Å². The Bertz CT molecular complexity index is 1050. The minimum absolute atomic E-state index is 0.0514. The van der Waals surface area contributed by atoms with Crippen molar-refractivity contribution in [3.8, 4) is 12.3 Å². The van der Waals surface area contributed by atoms with E-state index in [0.29, 0.717) is 17.5 Å². The average molecular weight is 557 g/mol. The number of unbranched alkanes of at least 4 members (excludes halogenated alkanes) is 4. The number of hydrogen-bond acceptors (Lipinski definition) is 5. The van der Waals surface area contributed by atoms with Crippen LogP contribution < -0.4 is 16.4 Å². The van der Waals surface area contributed by atoms with E-state index in [1.807, 2.05) is 20.8 Å². The Balaban J connectivity index is 3.62. The Morgan fingerprint density at radius 1 is 1.02 bits per heavy atom. The summed E-state index contributed by atoms with van der Waals surface area (Å²) in [6, 6.07) is 4.77. The van der Waals surface area contributed by atoms with Crippen LogP contribution in [0.25, 0.3) is 0 Å². The molecule has 0 saturated heterocycles. The summed E-state index contributed by atoms with van der Waals surface area (Å²) in [5.74, 6) is 1.09. The fourth-order valence-electron chi connectivity index (χ4n) is 4.20. The maximum atomic E-state index is 14.2. The van der Waals surface area contributed by atoms with Crippen LogP contribution in [0, 0.1) is 12.3 Å². The van der Waals surface area contributed by atoms with E-state index in [0.717, 1.165) is 25.7 Å². The fourth-order valence-corrected chi connectivity index (χ4v) is 4.20. The first-order valence-electron chi connectivity index (χ1n) is 14.1. The monoisotopic (exact) mass is 556 g/mol. The van der Waals surface area contributed by atoms with Gasteiger partial charge in [-0.25, -0.2) is 4.79 Å². The highest BCUT2D eigenvalue weighted by molar-refractivity contribution is 5.93. The molecule has 0 aromatic heterocycles. The molecule has 0 radical (unpaired) electrons. The Labute approximate surface area is 240 Å². The molecular weight excluding hydrogens is 508 g/mol. The molecule has 2 atom stereocenters. The van der Waals surface area contributed by atoms with Gasteiger partial charge in [-0.3, -0.25) is 14.4 Å². The second kappa shape index (κ2) is 15.9. The highest BCUT2D eigenvalue weighted by Crippen LogP contribution is 2.27. The molecule has 9 heteroatoms. The van der Waals surface area contributed by atoms with Crippen LogP contribution in [-0.2, 0) is 19.1 Å². The van der Waals surface area contributed by atoms with Crippen molar-refractivity contribution in [3.05, 3.63) is 35.4 Å². The van der Waals surface area contributed by atoms with Gasteiger partial charge >= 0.3 is 6.09 Å².